The van der Waals surface area contributed by atoms with Gasteiger partial charge in [0.2, 0.25) is 15.9 Å². The number of anilines is 1. The van der Waals surface area contributed by atoms with Gasteiger partial charge >= 0.3 is 0 Å². The summed E-state index contributed by atoms with van der Waals surface area (Å²) < 4.78 is 33.4. The molecule has 2 fully saturated rings. The van der Waals surface area contributed by atoms with Crippen LogP contribution in [0, 0.1) is 5.92 Å². The highest BCUT2D eigenvalue weighted by molar-refractivity contribution is 7.89. The van der Waals surface area contributed by atoms with Crippen LogP contribution in [0.4, 0.5) is 5.82 Å². The summed E-state index contributed by atoms with van der Waals surface area (Å²) in [5, 5.41) is 3.74. The fraction of sp³-hybridized carbons (Fsp3) is 0.640. The van der Waals surface area contributed by atoms with Gasteiger partial charge in [0, 0.05) is 38.7 Å². The van der Waals surface area contributed by atoms with Crippen LogP contribution in [-0.4, -0.2) is 84.2 Å². The van der Waals surface area contributed by atoms with E-state index in [0.717, 1.165) is 23.7 Å². The van der Waals surface area contributed by atoms with E-state index in [2.05, 4.69) is 10.2 Å². The van der Waals surface area contributed by atoms with Gasteiger partial charge in [-0.3, -0.25) is 9.69 Å². The van der Waals surface area contributed by atoms with E-state index in [1.165, 1.54) is 0 Å². The molecule has 10 nitrogen and oxygen atoms in total. The first-order valence-electron chi connectivity index (χ1n) is 12.7. The zero-order chi connectivity index (χ0) is 25.9. The van der Waals surface area contributed by atoms with Crippen molar-refractivity contribution in [2.24, 2.45) is 11.7 Å². The number of primary amides is 1. The second-order valence-corrected chi connectivity index (χ2v) is 12.3. The molecular formula is C25H38N6O4S. The average Bonchev–Trinajstić information content (AvgIpc) is 2.87. The van der Waals surface area contributed by atoms with E-state index in [-0.39, 0.29) is 17.3 Å². The van der Waals surface area contributed by atoms with Crippen molar-refractivity contribution < 1.29 is 17.9 Å². The number of carbonyl (C=O) groups excluding carboxylic acids is 1. The van der Waals surface area contributed by atoms with Gasteiger partial charge in [0.15, 0.2) is 0 Å². The van der Waals surface area contributed by atoms with E-state index in [4.69, 9.17) is 20.4 Å². The maximum Gasteiger partial charge on any atom is 0.240 e. The van der Waals surface area contributed by atoms with Gasteiger partial charge in [-0.25, -0.2) is 18.4 Å². The van der Waals surface area contributed by atoms with E-state index in [0.29, 0.717) is 57.2 Å². The Hall–Kier alpha value is -2.34. The molecule has 11 heteroatoms. The van der Waals surface area contributed by atoms with Gasteiger partial charge in [-0.1, -0.05) is 26.0 Å². The van der Waals surface area contributed by atoms with Gasteiger partial charge in [0.1, 0.15) is 17.7 Å². The summed E-state index contributed by atoms with van der Waals surface area (Å²) in [7, 11) is -1.62. The lowest BCUT2D eigenvalue weighted by Gasteiger charge is -2.37. The molecule has 1 saturated heterocycles. The van der Waals surface area contributed by atoms with Crippen molar-refractivity contribution in [1.82, 2.24) is 19.2 Å². The fourth-order valence-corrected chi connectivity index (χ4v) is 7.10. The highest BCUT2D eigenvalue weighted by Gasteiger charge is 2.36. The number of sulfonamides is 1. The standard InChI is InChI=1S/C25H38N6O4S/c1-17(2)23(24(26)32)29-25-20-6-4-5-7-21(20)27-22(28-25)16-30-12-14-31(15-13-30)36(33,34)19-10-8-18(35-3)9-11-19/h4-7,17-19,23H,8-16H2,1-3H3,(H2,26,32)(H,27,28,29)/t18?,19?,23-/m0/s1. The van der Waals surface area contributed by atoms with Crippen molar-refractivity contribution in [2.75, 3.05) is 38.6 Å². The second kappa shape index (κ2) is 11.4. The molecule has 1 amide bonds. The van der Waals surface area contributed by atoms with Gasteiger partial charge in [-0.2, -0.15) is 4.31 Å². The number of nitrogens with zero attached hydrogens (tertiary/aromatic N) is 4. The minimum absolute atomic E-state index is 0.000692. The number of methoxy groups -OCH3 is 1. The van der Waals surface area contributed by atoms with Crippen molar-refractivity contribution in [2.45, 2.75) is 63.5 Å². The van der Waals surface area contributed by atoms with E-state index >= 15 is 0 Å². The monoisotopic (exact) mass is 518 g/mol. The molecule has 1 atom stereocenters. The van der Waals surface area contributed by atoms with Crippen LogP contribution < -0.4 is 11.1 Å². The maximum atomic E-state index is 13.2. The molecule has 36 heavy (non-hydrogen) atoms. The van der Waals surface area contributed by atoms with Gasteiger partial charge in [-0.05, 0) is 43.7 Å². The van der Waals surface area contributed by atoms with Crippen LogP contribution >= 0.6 is 0 Å². The van der Waals surface area contributed by atoms with Crippen LogP contribution in [0.15, 0.2) is 24.3 Å². The summed E-state index contributed by atoms with van der Waals surface area (Å²) >= 11 is 0. The summed E-state index contributed by atoms with van der Waals surface area (Å²) in [4.78, 5) is 23.6. The van der Waals surface area contributed by atoms with Crippen molar-refractivity contribution >= 4 is 32.7 Å². The summed E-state index contributed by atoms with van der Waals surface area (Å²) in [5.41, 5.74) is 6.40. The molecular weight excluding hydrogens is 480 g/mol. The zero-order valence-electron chi connectivity index (χ0n) is 21.4. The Balaban J connectivity index is 1.43. The average molecular weight is 519 g/mol. The number of piperazine rings is 1. The van der Waals surface area contributed by atoms with Crippen LogP contribution in [0.2, 0.25) is 0 Å². The summed E-state index contributed by atoms with van der Waals surface area (Å²) in [5.74, 6) is 0.778. The number of carbonyl (C=O) groups is 1. The first-order valence-corrected chi connectivity index (χ1v) is 14.2. The third-order valence-corrected chi connectivity index (χ3v) is 9.75. The number of aromatic nitrogens is 2. The van der Waals surface area contributed by atoms with Gasteiger partial charge in [-0.15, -0.1) is 0 Å². The largest absolute Gasteiger partial charge is 0.381 e. The Bertz CT molecular complexity index is 1160. The highest BCUT2D eigenvalue weighted by Crippen LogP contribution is 2.29. The maximum absolute atomic E-state index is 13.2. The number of fused-ring (bicyclic) bond motifs is 1. The fourth-order valence-electron chi connectivity index (χ4n) is 5.14. The number of nitrogens with one attached hydrogen (secondary N) is 1. The molecule has 1 saturated carbocycles. The molecule has 1 aromatic heterocycles. The lowest BCUT2D eigenvalue weighted by Crippen LogP contribution is -2.51. The van der Waals surface area contributed by atoms with Crippen molar-refractivity contribution in [1.29, 1.82) is 0 Å². The number of nitrogens with two attached hydrogens (primary N) is 1. The predicted molar refractivity (Wildman–Crippen MR) is 140 cm³/mol. The van der Waals surface area contributed by atoms with Gasteiger partial charge < -0.3 is 15.8 Å². The van der Waals surface area contributed by atoms with E-state index in [9.17, 15) is 13.2 Å². The summed E-state index contributed by atoms with van der Waals surface area (Å²) in [6, 6.07) is 7.11. The SMILES string of the molecule is COC1CCC(S(=O)(=O)N2CCN(Cc3nc(N[C@H](C(N)=O)C(C)C)c4ccccc4n3)CC2)CC1. The molecule has 0 radical (unpaired) electrons. The molecule has 1 aliphatic heterocycles. The minimum Gasteiger partial charge on any atom is -0.381 e. The van der Waals surface area contributed by atoms with Crippen LogP contribution in [0.25, 0.3) is 10.9 Å². The molecule has 0 spiro atoms. The number of hydrogen-bond donors (Lipinski definition) is 2. The zero-order valence-corrected chi connectivity index (χ0v) is 22.2. The molecule has 2 aliphatic rings. The lowest BCUT2D eigenvalue weighted by atomic mass is 9.97. The topological polar surface area (TPSA) is 131 Å². The van der Waals surface area contributed by atoms with Crippen molar-refractivity contribution in [3.63, 3.8) is 0 Å². The molecule has 4 rings (SSSR count). The quantitative estimate of drug-likeness (QED) is 0.515. The molecule has 2 heterocycles. The van der Waals surface area contributed by atoms with Crippen molar-refractivity contribution in [3.8, 4) is 0 Å². The van der Waals surface area contributed by atoms with Crippen LogP contribution in [0.1, 0.15) is 45.4 Å². The molecule has 1 aliphatic carbocycles. The smallest absolute Gasteiger partial charge is 0.240 e. The second-order valence-electron chi connectivity index (χ2n) is 10.1. The number of para-hydroxylation sites is 1. The Kier molecular flexibility index (Phi) is 8.44. The van der Waals surface area contributed by atoms with Crippen molar-refractivity contribution in [3.05, 3.63) is 30.1 Å². The molecule has 0 unspecified atom stereocenters. The van der Waals surface area contributed by atoms with Crippen LogP contribution in [0.5, 0.6) is 0 Å². The third-order valence-electron chi connectivity index (χ3n) is 7.35. The molecule has 3 N–H and O–H groups in total. The highest BCUT2D eigenvalue weighted by atomic mass is 32.2. The first-order chi connectivity index (χ1) is 17.2. The predicted octanol–water partition coefficient (Wildman–Crippen LogP) is 1.96. The Morgan fingerprint density at radius 2 is 1.78 bits per heavy atom. The number of ether oxygens (including phenoxy) is 1. The van der Waals surface area contributed by atoms with Crippen LogP contribution in [0.3, 0.4) is 0 Å². The first kappa shape index (κ1) is 26.7. The third kappa shape index (κ3) is 5.96. The summed E-state index contributed by atoms with van der Waals surface area (Å²) in [6.07, 6.45) is 3.08. The van der Waals surface area contributed by atoms with E-state index in [1.54, 1.807) is 11.4 Å². The number of benzene rings is 1. The number of rotatable bonds is 9. The molecule has 2 aromatic rings. The minimum atomic E-state index is -3.31. The Labute approximate surface area is 213 Å². The Morgan fingerprint density at radius 3 is 2.39 bits per heavy atom. The van der Waals surface area contributed by atoms with E-state index < -0.39 is 22.0 Å². The number of hydrogen-bond acceptors (Lipinski definition) is 8. The Morgan fingerprint density at radius 1 is 1.11 bits per heavy atom. The van der Waals surface area contributed by atoms with Gasteiger partial charge in [0.25, 0.3) is 0 Å². The van der Waals surface area contributed by atoms with Crippen LogP contribution in [-0.2, 0) is 26.1 Å². The normalized spacial score (nSPS) is 23.1. The molecule has 198 valence electrons. The van der Waals surface area contributed by atoms with Gasteiger partial charge in [0.05, 0.1) is 23.4 Å². The molecule has 0 bridgehead atoms. The lowest BCUT2D eigenvalue weighted by molar-refractivity contribution is -0.119. The number of amides is 1. The summed E-state index contributed by atoms with van der Waals surface area (Å²) in [6.45, 7) is 6.51. The molecule has 1 aromatic carbocycles. The van der Waals surface area contributed by atoms with E-state index in [1.807, 2.05) is 38.1 Å².